The Kier molecular flexibility index (Phi) is 5.38. The minimum Gasteiger partial charge on any atom is -0.496 e. The second-order valence-corrected chi connectivity index (χ2v) is 6.23. The van der Waals surface area contributed by atoms with Gasteiger partial charge in [0.05, 0.1) is 12.7 Å². The first kappa shape index (κ1) is 16.4. The number of hydrogen-bond donors (Lipinski definition) is 0. The zero-order chi connectivity index (χ0) is 16.8. The van der Waals surface area contributed by atoms with E-state index in [4.69, 9.17) is 13.9 Å². The van der Waals surface area contributed by atoms with Crippen LogP contribution in [0.25, 0.3) is 11.5 Å². The maximum Gasteiger partial charge on any atom is 0.254 e. The highest BCUT2D eigenvalue weighted by Gasteiger charge is 2.13. The molecule has 3 aromatic rings. The van der Waals surface area contributed by atoms with Gasteiger partial charge in [0.1, 0.15) is 11.5 Å². The Hall–Kier alpha value is -2.47. The van der Waals surface area contributed by atoms with Gasteiger partial charge in [-0.3, -0.25) is 0 Å². The number of nitrogens with zero attached hydrogens (tertiary/aromatic N) is 2. The molecule has 2 aromatic carbocycles. The van der Waals surface area contributed by atoms with Crippen LogP contribution in [0.5, 0.6) is 11.5 Å². The number of benzene rings is 2. The summed E-state index contributed by atoms with van der Waals surface area (Å²) in [6, 6.07) is 15.5. The summed E-state index contributed by atoms with van der Waals surface area (Å²) in [7, 11) is 1.61. The Morgan fingerprint density at radius 3 is 2.58 bits per heavy atom. The lowest BCUT2D eigenvalue weighted by Gasteiger charge is -2.05. The van der Waals surface area contributed by atoms with E-state index in [0.717, 1.165) is 17.1 Å². The first-order chi connectivity index (χ1) is 11.8. The number of para-hydroxylation sites is 1. The third-order valence-electron chi connectivity index (χ3n) is 3.30. The number of aromatic nitrogens is 2. The Labute approximate surface area is 145 Å². The van der Waals surface area contributed by atoms with Crippen LogP contribution in [-0.2, 0) is 6.61 Å². The van der Waals surface area contributed by atoms with Crippen LogP contribution >= 0.6 is 11.8 Å². The third-order valence-corrected chi connectivity index (χ3v) is 4.20. The van der Waals surface area contributed by atoms with Gasteiger partial charge in [0, 0.05) is 4.90 Å². The summed E-state index contributed by atoms with van der Waals surface area (Å²) in [5.41, 5.74) is 0.764. The van der Waals surface area contributed by atoms with E-state index < -0.39 is 0 Å². The second-order valence-electron chi connectivity index (χ2n) is 4.89. The fourth-order valence-electron chi connectivity index (χ4n) is 2.19. The molecule has 0 spiro atoms. The molecule has 0 saturated carbocycles. The summed E-state index contributed by atoms with van der Waals surface area (Å²) in [5.74, 6) is 3.35. The van der Waals surface area contributed by atoms with Crippen LogP contribution in [0.2, 0.25) is 0 Å². The standard InChI is InChI=1S/C18H18N2O3S/c1-3-24-14-10-8-13(9-11-14)22-12-17-19-20-18(23-17)15-6-4-5-7-16(15)21-2/h4-11H,3,12H2,1-2H3. The fourth-order valence-corrected chi connectivity index (χ4v) is 2.85. The monoisotopic (exact) mass is 342 g/mol. The minimum atomic E-state index is 0.225. The van der Waals surface area contributed by atoms with Gasteiger partial charge in [0.25, 0.3) is 11.8 Å². The molecule has 0 N–H and O–H groups in total. The van der Waals surface area contributed by atoms with Gasteiger partial charge in [-0.2, -0.15) is 0 Å². The van der Waals surface area contributed by atoms with Crippen molar-refractivity contribution in [1.29, 1.82) is 0 Å². The zero-order valence-electron chi connectivity index (χ0n) is 13.6. The lowest BCUT2D eigenvalue weighted by molar-refractivity contribution is 0.264. The SMILES string of the molecule is CCSc1ccc(OCc2nnc(-c3ccccc3OC)o2)cc1. The van der Waals surface area contributed by atoms with Crippen molar-refractivity contribution in [3.8, 4) is 23.0 Å². The van der Waals surface area contributed by atoms with Crippen molar-refractivity contribution in [2.24, 2.45) is 0 Å². The number of ether oxygens (including phenoxy) is 2. The van der Waals surface area contributed by atoms with Crippen LogP contribution < -0.4 is 9.47 Å². The van der Waals surface area contributed by atoms with Crippen LogP contribution in [0, 0.1) is 0 Å². The molecular formula is C18H18N2O3S. The van der Waals surface area contributed by atoms with Crippen LogP contribution in [0.1, 0.15) is 12.8 Å². The lowest BCUT2D eigenvalue weighted by Crippen LogP contribution is -1.95. The smallest absolute Gasteiger partial charge is 0.254 e. The fraction of sp³-hybridized carbons (Fsp3) is 0.222. The highest BCUT2D eigenvalue weighted by molar-refractivity contribution is 7.99. The minimum absolute atomic E-state index is 0.225. The Morgan fingerprint density at radius 1 is 1.04 bits per heavy atom. The molecule has 1 aromatic heterocycles. The molecule has 0 amide bonds. The molecule has 0 fully saturated rings. The van der Waals surface area contributed by atoms with Crippen molar-refractivity contribution in [1.82, 2.24) is 10.2 Å². The molecule has 0 radical (unpaired) electrons. The molecule has 0 saturated heterocycles. The first-order valence-electron chi connectivity index (χ1n) is 7.61. The molecule has 0 aliphatic rings. The molecule has 0 aliphatic heterocycles. The third kappa shape index (κ3) is 3.89. The molecule has 1 heterocycles. The number of methoxy groups -OCH3 is 1. The Balaban J connectivity index is 1.66. The van der Waals surface area contributed by atoms with Gasteiger partial charge in [0.15, 0.2) is 6.61 Å². The molecular weight excluding hydrogens is 324 g/mol. The van der Waals surface area contributed by atoms with E-state index in [1.165, 1.54) is 4.90 Å². The summed E-state index contributed by atoms with van der Waals surface area (Å²) in [4.78, 5) is 1.22. The molecule has 24 heavy (non-hydrogen) atoms. The van der Waals surface area contributed by atoms with E-state index in [9.17, 15) is 0 Å². The van der Waals surface area contributed by atoms with E-state index in [-0.39, 0.29) is 6.61 Å². The summed E-state index contributed by atoms with van der Waals surface area (Å²) < 4.78 is 16.7. The topological polar surface area (TPSA) is 57.4 Å². The molecule has 5 nitrogen and oxygen atoms in total. The largest absolute Gasteiger partial charge is 0.496 e. The number of rotatable bonds is 7. The molecule has 0 atom stereocenters. The molecule has 0 unspecified atom stereocenters. The van der Waals surface area contributed by atoms with Gasteiger partial charge in [-0.15, -0.1) is 22.0 Å². The average Bonchev–Trinajstić information content (AvgIpc) is 3.10. The predicted octanol–water partition coefficient (Wildman–Crippen LogP) is 4.44. The normalized spacial score (nSPS) is 10.6. The van der Waals surface area contributed by atoms with Gasteiger partial charge < -0.3 is 13.9 Å². The zero-order valence-corrected chi connectivity index (χ0v) is 14.4. The lowest BCUT2D eigenvalue weighted by atomic mass is 10.2. The molecule has 124 valence electrons. The van der Waals surface area contributed by atoms with Gasteiger partial charge >= 0.3 is 0 Å². The first-order valence-corrected chi connectivity index (χ1v) is 8.60. The highest BCUT2D eigenvalue weighted by atomic mass is 32.2. The summed E-state index contributed by atoms with van der Waals surface area (Å²) >= 11 is 1.79. The highest BCUT2D eigenvalue weighted by Crippen LogP contribution is 2.28. The van der Waals surface area contributed by atoms with Crippen molar-refractivity contribution in [2.75, 3.05) is 12.9 Å². The van der Waals surface area contributed by atoms with Gasteiger partial charge in [-0.1, -0.05) is 19.1 Å². The van der Waals surface area contributed by atoms with E-state index >= 15 is 0 Å². The predicted molar refractivity (Wildman–Crippen MR) is 93.5 cm³/mol. The van der Waals surface area contributed by atoms with E-state index in [1.807, 2.05) is 48.5 Å². The maximum absolute atomic E-state index is 5.69. The maximum atomic E-state index is 5.69. The Morgan fingerprint density at radius 2 is 1.83 bits per heavy atom. The van der Waals surface area contributed by atoms with Gasteiger partial charge in [0.2, 0.25) is 0 Å². The van der Waals surface area contributed by atoms with Crippen LogP contribution in [0.15, 0.2) is 57.8 Å². The molecule has 3 rings (SSSR count). The summed E-state index contributed by atoms with van der Waals surface area (Å²) in [5, 5.41) is 8.09. The summed E-state index contributed by atoms with van der Waals surface area (Å²) in [6.07, 6.45) is 0. The quantitative estimate of drug-likeness (QED) is 0.592. The van der Waals surface area contributed by atoms with E-state index in [1.54, 1.807) is 18.9 Å². The van der Waals surface area contributed by atoms with Crippen LogP contribution in [0.3, 0.4) is 0 Å². The van der Waals surface area contributed by atoms with Crippen LogP contribution in [-0.4, -0.2) is 23.1 Å². The van der Waals surface area contributed by atoms with Gasteiger partial charge in [-0.25, -0.2) is 0 Å². The van der Waals surface area contributed by atoms with Crippen LogP contribution in [0.4, 0.5) is 0 Å². The van der Waals surface area contributed by atoms with Crippen molar-refractivity contribution in [3.63, 3.8) is 0 Å². The number of hydrogen-bond acceptors (Lipinski definition) is 6. The second kappa shape index (κ2) is 7.88. The molecule has 0 bridgehead atoms. The molecule has 6 heteroatoms. The van der Waals surface area contributed by atoms with Crippen molar-refractivity contribution < 1.29 is 13.9 Å². The van der Waals surface area contributed by atoms with Crippen molar-refractivity contribution in [3.05, 3.63) is 54.4 Å². The molecule has 0 aliphatic carbocycles. The van der Waals surface area contributed by atoms with Gasteiger partial charge in [-0.05, 0) is 42.2 Å². The van der Waals surface area contributed by atoms with Crippen molar-refractivity contribution >= 4 is 11.8 Å². The summed E-state index contributed by atoms with van der Waals surface area (Å²) in [6.45, 7) is 2.35. The average molecular weight is 342 g/mol. The van der Waals surface area contributed by atoms with Crippen molar-refractivity contribution in [2.45, 2.75) is 18.4 Å². The number of thioether (sulfide) groups is 1. The van der Waals surface area contributed by atoms with E-state index in [0.29, 0.717) is 17.5 Å². The van der Waals surface area contributed by atoms with E-state index in [2.05, 4.69) is 17.1 Å². The Bertz CT molecular complexity index is 787.